The number of carbonyl (C=O) groups excluding carboxylic acids is 2. The molecule has 1 aromatic heterocycles. The van der Waals surface area contributed by atoms with Crippen LogP contribution in [-0.2, 0) is 9.59 Å². The van der Waals surface area contributed by atoms with Gasteiger partial charge in [-0.05, 0) is 30.5 Å². The molecule has 0 amide bonds. The first-order valence-corrected chi connectivity index (χ1v) is 5.69. The van der Waals surface area contributed by atoms with Crippen molar-refractivity contribution in [3.63, 3.8) is 0 Å². The molecule has 0 spiro atoms. The van der Waals surface area contributed by atoms with E-state index in [0.29, 0.717) is 5.88 Å². The summed E-state index contributed by atoms with van der Waals surface area (Å²) in [7, 11) is 0. The van der Waals surface area contributed by atoms with E-state index in [1.54, 1.807) is 11.8 Å². The van der Waals surface area contributed by atoms with Crippen LogP contribution in [0.4, 0.5) is 0 Å². The largest absolute Gasteiger partial charge is 0.436 e. The highest BCUT2D eigenvalue weighted by molar-refractivity contribution is 7.98. The molecule has 0 aliphatic heterocycles. The van der Waals surface area contributed by atoms with E-state index in [9.17, 15) is 0 Å². The molecule has 6 nitrogen and oxygen atoms in total. The lowest BCUT2D eigenvalue weighted by molar-refractivity contribution is -0.191. The second kappa shape index (κ2) is 7.21. The number of hydrogen-bond acceptors (Lipinski definition) is 6. The number of hydrogen-bond donors (Lipinski definition) is 1. The summed E-state index contributed by atoms with van der Waals surface area (Å²) < 4.78 is 5.40. The van der Waals surface area contributed by atoms with Gasteiger partial charge in [-0.3, -0.25) is 0 Å². The average Bonchev–Trinajstić information content (AvgIpc) is 2.84. The van der Waals surface area contributed by atoms with Crippen LogP contribution in [0.2, 0.25) is 0 Å². The van der Waals surface area contributed by atoms with Gasteiger partial charge in [-0.15, -0.1) is 16.9 Å². The summed E-state index contributed by atoms with van der Waals surface area (Å²) in [6.07, 6.45) is 3.82. The third-order valence-electron chi connectivity index (χ3n) is 1.67. The summed E-state index contributed by atoms with van der Waals surface area (Å²) in [5, 5.41) is 9.92. The van der Waals surface area contributed by atoms with Crippen LogP contribution in [0.15, 0.2) is 35.4 Å². The summed E-state index contributed by atoms with van der Waals surface area (Å²) in [6.45, 7) is 0. The Hall–Kier alpha value is -2.11. The predicted octanol–water partition coefficient (Wildman–Crippen LogP) is 1.74. The maximum atomic E-state index is 8.12. The zero-order valence-corrected chi connectivity index (χ0v) is 9.73. The molecule has 0 bridgehead atoms. The third kappa shape index (κ3) is 4.50. The Kier molecular flexibility index (Phi) is 5.50. The number of nitrogens with one attached hydrogen (secondary N) is 1. The third-order valence-corrected chi connectivity index (χ3v) is 2.42. The summed E-state index contributed by atoms with van der Waals surface area (Å²) in [5.74, 6) is 1.23. The molecule has 0 unspecified atom stereocenters. The minimum Gasteiger partial charge on any atom is -0.436 e. The molecular formula is C10H9N3O3S. The quantitative estimate of drug-likeness (QED) is 0.836. The molecule has 7 heteroatoms. The van der Waals surface area contributed by atoms with Crippen molar-refractivity contribution < 1.29 is 14.3 Å². The predicted molar refractivity (Wildman–Crippen MR) is 59.7 cm³/mol. The summed E-state index contributed by atoms with van der Waals surface area (Å²) in [4.78, 5) is 17.5. The fraction of sp³-hybridized carbons (Fsp3) is 0.100. The molecular weight excluding hydrogens is 242 g/mol. The highest BCUT2D eigenvalue weighted by atomic mass is 32.2. The molecule has 2 aromatic rings. The maximum absolute atomic E-state index is 8.12. The van der Waals surface area contributed by atoms with Crippen molar-refractivity contribution in [2.24, 2.45) is 0 Å². The van der Waals surface area contributed by atoms with E-state index in [1.165, 1.54) is 11.1 Å². The zero-order valence-electron chi connectivity index (χ0n) is 8.91. The van der Waals surface area contributed by atoms with Gasteiger partial charge in [0, 0.05) is 4.90 Å². The Morgan fingerprint density at radius 1 is 1.29 bits per heavy atom. The Bertz CT molecular complexity index is 464. The smallest absolute Gasteiger partial charge is 0.373 e. The monoisotopic (exact) mass is 251 g/mol. The van der Waals surface area contributed by atoms with Gasteiger partial charge in [0.05, 0.1) is 0 Å². The molecule has 0 aliphatic rings. The second-order valence-corrected chi connectivity index (χ2v) is 3.55. The standard InChI is InChI=1S/C9H9N3OS.CO2/c1-14-8-4-2-7(3-5-8)13-9-6-10-12-11-9;2-1-3/h2-6H,1H3,(H,10,11,12);. The molecule has 1 N–H and O–H groups in total. The number of thioether (sulfide) groups is 1. The van der Waals surface area contributed by atoms with Crippen LogP contribution in [0, 0.1) is 0 Å². The highest BCUT2D eigenvalue weighted by Crippen LogP contribution is 2.22. The van der Waals surface area contributed by atoms with Gasteiger partial charge < -0.3 is 4.74 Å². The lowest BCUT2D eigenvalue weighted by atomic mass is 10.3. The molecule has 0 saturated heterocycles. The van der Waals surface area contributed by atoms with E-state index in [1.807, 2.05) is 30.5 Å². The Morgan fingerprint density at radius 2 is 1.94 bits per heavy atom. The van der Waals surface area contributed by atoms with Gasteiger partial charge >= 0.3 is 6.15 Å². The lowest BCUT2D eigenvalue weighted by Gasteiger charge is -2.01. The van der Waals surface area contributed by atoms with Gasteiger partial charge in [-0.25, -0.2) is 0 Å². The van der Waals surface area contributed by atoms with E-state index in [0.717, 1.165) is 5.75 Å². The Morgan fingerprint density at radius 3 is 2.41 bits per heavy atom. The lowest BCUT2D eigenvalue weighted by Crippen LogP contribution is -1.83. The highest BCUT2D eigenvalue weighted by Gasteiger charge is 1.98. The van der Waals surface area contributed by atoms with Crippen LogP contribution in [0.3, 0.4) is 0 Å². The first kappa shape index (κ1) is 13.0. The number of benzene rings is 1. The average molecular weight is 251 g/mol. The first-order chi connectivity index (χ1) is 8.30. The summed E-state index contributed by atoms with van der Waals surface area (Å²) in [5.41, 5.74) is 0. The van der Waals surface area contributed by atoms with Gasteiger partial charge in [0.1, 0.15) is 11.9 Å². The molecule has 88 valence electrons. The summed E-state index contributed by atoms with van der Waals surface area (Å²) in [6, 6.07) is 7.81. The van der Waals surface area contributed by atoms with Crippen molar-refractivity contribution in [1.82, 2.24) is 15.4 Å². The van der Waals surface area contributed by atoms with Gasteiger partial charge in [0.15, 0.2) is 0 Å². The van der Waals surface area contributed by atoms with Crippen molar-refractivity contribution in [3.8, 4) is 11.6 Å². The van der Waals surface area contributed by atoms with Crippen LogP contribution >= 0.6 is 11.8 Å². The minimum atomic E-state index is 0.250. The molecule has 0 atom stereocenters. The van der Waals surface area contributed by atoms with E-state index >= 15 is 0 Å². The van der Waals surface area contributed by atoms with Gasteiger partial charge in [-0.1, -0.05) is 0 Å². The van der Waals surface area contributed by atoms with Gasteiger partial charge in [0.25, 0.3) is 5.88 Å². The molecule has 0 fully saturated rings. The van der Waals surface area contributed by atoms with E-state index in [-0.39, 0.29) is 6.15 Å². The van der Waals surface area contributed by atoms with Crippen LogP contribution < -0.4 is 4.74 Å². The topological polar surface area (TPSA) is 84.9 Å². The van der Waals surface area contributed by atoms with E-state index in [4.69, 9.17) is 14.3 Å². The van der Waals surface area contributed by atoms with Crippen LogP contribution in [0.25, 0.3) is 0 Å². The van der Waals surface area contributed by atoms with Gasteiger partial charge in [0.2, 0.25) is 0 Å². The molecule has 0 saturated carbocycles. The fourth-order valence-electron chi connectivity index (χ4n) is 1.00. The number of nitrogens with zero attached hydrogens (tertiary/aromatic N) is 2. The van der Waals surface area contributed by atoms with Crippen molar-refractivity contribution in [3.05, 3.63) is 30.5 Å². The fourth-order valence-corrected chi connectivity index (χ4v) is 1.41. The molecule has 1 heterocycles. The molecule has 17 heavy (non-hydrogen) atoms. The van der Waals surface area contributed by atoms with E-state index < -0.39 is 0 Å². The van der Waals surface area contributed by atoms with Gasteiger partial charge in [-0.2, -0.15) is 19.9 Å². The number of aromatic amines is 1. The molecule has 1 aromatic carbocycles. The normalized spacial score (nSPS) is 8.76. The number of aromatic nitrogens is 3. The Labute approximate surface area is 101 Å². The zero-order chi connectivity index (χ0) is 12.5. The van der Waals surface area contributed by atoms with Crippen LogP contribution in [0.1, 0.15) is 0 Å². The maximum Gasteiger partial charge on any atom is 0.373 e. The SMILES string of the molecule is CSc1ccc(Oc2cn[nH]n2)cc1.O=C=O. The second-order valence-electron chi connectivity index (χ2n) is 2.67. The van der Waals surface area contributed by atoms with Crippen molar-refractivity contribution >= 4 is 17.9 Å². The van der Waals surface area contributed by atoms with Crippen molar-refractivity contribution in [2.75, 3.05) is 6.26 Å². The molecule has 2 rings (SSSR count). The first-order valence-electron chi connectivity index (χ1n) is 4.47. The van der Waals surface area contributed by atoms with Crippen LogP contribution in [-0.4, -0.2) is 27.8 Å². The molecule has 0 aliphatic carbocycles. The number of rotatable bonds is 3. The Balaban J connectivity index is 0.000000437. The number of H-pyrrole nitrogens is 1. The number of ether oxygens (including phenoxy) is 1. The van der Waals surface area contributed by atoms with E-state index in [2.05, 4.69) is 15.4 Å². The van der Waals surface area contributed by atoms with Crippen molar-refractivity contribution in [2.45, 2.75) is 4.90 Å². The van der Waals surface area contributed by atoms with Crippen LogP contribution in [0.5, 0.6) is 11.6 Å². The van der Waals surface area contributed by atoms with Crippen molar-refractivity contribution in [1.29, 1.82) is 0 Å². The molecule has 0 radical (unpaired) electrons. The summed E-state index contributed by atoms with van der Waals surface area (Å²) >= 11 is 1.70. The minimum absolute atomic E-state index is 0.250.